The Morgan fingerprint density at radius 1 is 1.18 bits per heavy atom. The fourth-order valence-electron chi connectivity index (χ4n) is 2.99. The van der Waals surface area contributed by atoms with Crippen molar-refractivity contribution in [3.8, 4) is 0 Å². The van der Waals surface area contributed by atoms with Crippen molar-refractivity contribution in [1.82, 2.24) is 15.5 Å². The minimum atomic E-state index is -1.74. The third kappa shape index (κ3) is 3.64. The van der Waals surface area contributed by atoms with E-state index in [1.807, 2.05) is 5.32 Å². The summed E-state index contributed by atoms with van der Waals surface area (Å²) in [6.07, 6.45) is 1.62. The third-order valence-corrected chi connectivity index (χ3v) is 4.75. The second-order valence-corrected chi connectivity index (χ2v) is 6.85. The maximum atomic E-state index is 13.5. The number of amides is 5. The zero-order chi connectivity index (χ0) is 20.6. The van der Waals surface area contributed by atoms with E-state index in [1.54, 1.807) is 6.92 Å². The number of urea groups is 1. The molecule has 1 aliphatic heterocycles. The lowest BCUT2D eigenvalue weighted by Crippen LogP contribution is -2.47. The minimum Gasteiger partial charge on any atom is -0.345 e. The fraction of sp³-hybridized carbons (Fsp3) is 0.412. The van der Waals surface area contributed by atoms with Crippen LogP contribution in [0.15, 0.2) is 12.1 Å². The molecule has 11 heteroatoms. The molecule has 150 valence electrons. The Hall–Kier alpha value is -3.11. The summed E-state index contributed by atoms with van der Waals surface area (Å²) in [5.74, 6) is -6.88. The molecule has 1 aliphatic carbocycles. The average molecular weight is 398 g/mol. The molecule has 3 rings (SSSR count). The normalized spacial score (nSPS) is 21.5. The van der Waals surface area contributed by atoms with E-state index in [9.17, 15) is 32.3 Å². The van der Waals surface area contributed by atoms with Crippen molar-refractivity contribution in [2.24, 2.45) is 5.92 Å². The molecule has 0 bridgehead atoms. The first-order valence-electron chi connectivity index (χ1n) is 8.47. The monoisotopic (exact) mass is 398 g/mol. The number of halogens is 3. The molecule has 1 saturated carbocycles. The van der Waals surface area contributed by atoms with Crippen molar-refractivity contribution in [3.05, 3.63) is 29.6 Å². The number of carbonyl (C=O) groups is 4. The van der Waals surface area contributed by atoms with Gasteiger partial charge in [0.05, 0.1) is 12.2 Å². The molecule has 28 heavy (non-hydrogen) atoms. The van der Waals surface area contributed by atoms with Crippen molar-refractivity contribution in [1.29, 1.82) is 0 Å². The van der Waals surface area contributed by atoms with Crippen LogP contribution >= 0.6 is 0 Å². The number of carbonyl (C=O) groups excluding carboxylic acids is 4. The highest BCUT2D eigenvalue weighted by molar-refractivity contribution is 6.09. The molecule has 5 amide bonds. The lowest BCUT2D eigenvalue weighted by molar-refractivity contribution is -0.135. The summed E-state index contributed by atoms with van der Waals surface area (Å²) in [4.78, 5) is 48.9. The molecule has 2 fully saturated rings. The van der Waals surface area contributed by atoms with Crippen molar-refractivity contribution in [2.45, 2.75) is 25.3 Å². The lowest BCUT2D eigenvalue weighted by atomic mass is 9.96. The number of benzene rings is 1. The molecule has 1 heterocycles. The van der Waals surface area contributed by atoms with E-state index in [2.05, 4.69) is 10.6 Å². The third-order valence-electron chi connectivity index (χ3n) is 4.75. The molecule has 0 unspecified atom stereocenters. The SMILES string of the molecule is C[C@]1(C2CC2)NC(=O)N(CC(=O)NCC(=O)Nc2ccc(F)c(F)c2F)C1=O. The molecule has 8 nitrogen and oxygen atoms in total. The number of hydrogen-bond donors (Lipinski definition) is 3. The molecule has 2 aliphatic rings. The van der Waals surface area contributed by atoms with Crippen molar-refractivity contribution in [2.75, 3.05) is 18.4 Å². The first-order valence-corrected chi connectivity index (χ1v) is 8.47. The van der Waals surface area contributed by atoms with E-state index >= 15 is 0 Å². The van der Waals surface area contributed by atoms with Gasteiger partial charge in [-0.2, -0.15) is 0 Å². The number of anilines is 1. The molecular weight excluding hydrogens is 381 g/mol. The quantitative estimate of drug-likeness (QED) is 0.488. The number of imide groups is 1. The summed E-state index contributed by atoms with van der Waals surface area (Å²) >= 11 is 0. The van der Waals surface area contributed by atoms with Crippen LogP contribution in [0.5, 0.6) is 0 Å². The molecule has 0 aromatic heterocycles. The average Bonchev–Trinajstić information content (AvgIpc) is 3.47. The van der Waals surface area contributed by atoms with Crippen LogP contribution in [0.3, 0.4) is 0 Å². The Kier molecular flexibility index (Phi) is 5.01. The number of nitrogens with one attached hydrogen (secondary N) is 3. The number of hydrogen-bond acceptors (Lipinski definition) is 4. The van der Waals surface area contributed by atoms with E-state index in [4.69, 9.17) is 0 Å². The van der Waals surface area contributed by atoms with Crippen LogP contribution in [0.2, 0.25) is 0 Å². The molecular formula is C17H17F3N4O4. The standard InChI is InChI=1S/C17H17F3N4O4/c1-17(8-2-3-8)15(27)24(16(28)23-17)7-12(26)21-6-11(25)22-10-5-4-9(18)13(19)14(10)20/h4-5,8H,2-3,6-7H2,1H3,(H,21,26)(H,22,25)(H,23,28)/t17-/m1/s1. The van der Waals surface area contributed by atoms with Gasteiger partial charge in [0.25, 0.3) is 5.91 Å². The van der Waals surface area contributed by atoms with Gasteiger partial charge in [0.15, 0.2) is 17.5 Å². The Labute approximate surface area is 157 Å². The smallest absolute Gasteiger partial charge is 0.325 e. The predicted octanol–water partition coefficient (Wildman–Crippen LogP) is 0.879. The maximum Gasteiger partial charge on any atom is 0.325 e. The van der Waals surface area contributed by atoms with Gasteiger partial charge in [0.2, 0.25) is 11.8 Å². The van der Waals surface area contributed by atoms with Gasteiger partial charge in [-0.3, -0.25) is 19.3 Å². The van der Waals surface area contributed by atoms with Crippen LogP contribution in [0.4, 0.5) is 23.7 Å². The molecule has 3 N–H and O–H groups in total. The molecule has 1 aromatic carbocycles. The minimum absolute atomic E-state index is 0.0359. The van der Waals surface area contributed by atoms with Crippen LogP contribution < -0.4 is 16.0 Å². The Balaban J connectivity index is 1.52. The summed E-state index contributed by atoms with van der Waals surface area (Å²) in [7, 11) is 0. The largest absolute Gasteiger partial charge is 0.345 e. The van der Waals surface area contributed by atoms with Gasteiger partial charge >= 0.3 is 6.03 Å². The molecule has 1 atom stereocenters. The highest BCUT2D eigenvalue weighted by Crippen LogP contribution is 2.42. The van der Waals surface area contributed by atoms with Crippen LogP contribution in [0.1, 0.15) is 19.8 Å². The van der Waals surface area contributed by atoms with Gasteiger partial charge in [-0.25, -0.2) is 18.0 Å². The predicted molar refractivity (Wildman–Crippen MR) is 89.3 cm³/mol. The highest BCUT2D eigenvalue weighted by Gasteiger charge is 2.56. The van der Waals surface area contributed by atoms with E-state index < -0.39 is 65.5 Å². The van der Waals surface area contributed by atoms with Gasteiger partial charge in [-0.15, -0.1) is 0 Å². The van der Waals surface area contributed by atoms with Gasteiger partial charge in [-0.1, -0.05) is 0 Å². The van der Waals surface area contributed by atoms with Gasteiger partial charge in [0, 0.05) is 0 Å². The van der Waals surface area contributed by atoms with Gasteiger partial charge in [-0.05, 0) is 37.8 Å². The Morgan fingerprint density at radius 3 is 2.50 bits per heavy atom. The Morgan fingerprint density at radius 2 is 1.86 bits per heavy atom. The van der Waals surface area contributed by atoms with E-state index in [-0.39, 0.29) is 5.92 Å². The van der Waals surface area contributed by atoms with Gasteiger partial charge < -0.3 is 16.0 Å². The molecule has 0 radical (unpaired) electrons. The van der Waals surface area contributed by atoms with Crippen molar-refractivity contribution >= 4 is 29.4 Å². The van der Waals surface area contributed by atoms with Gasteiger partial charge in [0.1, 0.15) is 12.1 Å². The van der Waals surface area contributed by atoms with Crippen LogP contribution in [-0.4, -0.2) is 47.3 Å². The number of rotatable bonds is 6. The van der Waals surface area contributed by atoms with Crippen LogP contribution in [-0.2, 0) is 14.4 Å². The first-order chi connectivity index (χ1) is 13.1. The molecule has 0 spiro atoms. The molecule has 1 saturated heterocycles. The zero-order valence-electron chi connectivity index (χ0n) is 14.8. The second kappa shape index (κ2) is 7.13. The summed E-state index contributed by atoms with van der Waals surface area (Å²) in [5.41, 5.74) is -1.62. The highest BCUT2D eigenvalue weighted by atomic mass is 19.2. The molecule has 1 aromatic rings. The van der Waals surface area contributed by atoms with Crippen LogP contribution in [0.25, 0.3) is 0 Å². The summed E-state index contributed by atoms with van der Waals surface area (Å²) in [5, 5.41) is 6.74. The lowest BCUT2D eigenvalue weighted by Gasteiger charge is -2.20. The Bertz CT molecular complexity index is 874. The van der Waals surface area contributed by atoms with E-state index in [0.717, 1.165) is 23.8 Å². The van der Waals surface area contributed by atoms with Crippen LogP contribution in [0, 0.1) is 23.4 Å². The summed E-state index contributed by atoms with van der Waals surface area (Å²) in [6, 6.07) is 0.781. The first kappa shape index (κ1) is 19.6. The zero-order valence-corrected chi connectivity index (χ0v) is 14.8. The van der Waals surface area contributed by atoms with Crippen molar-refractivity contribution < 1.29 is 32.3 Å². The fourth-order valence-corrected chi connectivity index (χ4v) is 2.99. The summed E-state index contributed by atoms with van der Waals surface area (Å²) in [6.45, 7) is 0.396. The topological polar surface area (TPSA) is 108 Å². The van der Waals surface area contributed by atoms with Crippen molar-refractivity contribution in [3.63, 3.8) is 0 Å². The second-order valence-electron chi connectivity index (χ2n) is 6.85. The van der Waals surface area contributed by atoms with E-state index in [1.165, 1.54) is 0 Å². The summed E-state index contributed by atoms with van der Waals surface area (Å²) < 4.78 is 39.5. The maximum absolute atomic E-state index is 13.5. The van der Waals surface area contributed by atoms with E-state index in [0.29, 0.717) is 6.07 Å². The number of nitrogens with zero attached hydrogens (tertiary/aromatic N) is 1.